The quantitative estimate of drug-likeness (QED) is 0.288. The molecule has 0 spiro atoms. The maximum absolute atomic E-state index is 13.1. The third-order valence-corrected chi connectivity index (χ3v) is 5.07. The van der Waals surface area contributed by atoms with E-state index in [1.54, 1.807) is 18.2 Å². The van der Waals surface area contributed by atoms with E-state index in [4.69, 9.17) is 9.47 Å². The highest BCUT2D eigenvalue weighted by molar-refractivity contribution is 6.16. The predicted octanol–water partition coefficient (Wildman–Crippen LogP) is 2.67. The molecule has 1 aliphatic rings. The molecule has 0 aromatic heterocycles. The molecule has 11 nitrogen and oxygen atoms in total. The Balaban J connectivity index is 1.52. The molecule has 1 aliphatic heterocycles. The number of nitro benzene ring substituents is 1. The molecule has 0 fully saturated rings. The van der Waals surface area contributed by atoms with Gasteiger partial charge in [-0.25, -0.2) is 0 Å². The van der Waals surface area contributed by atoms with Crippen molar-refractivity contribution in [1.82, 2.24) is 10.9 Å². The summed E-state index contributed by atoms with van der Waals surface area (Å²) >= 11 is 0. The third kappa shape index (κ3) is 4.35. The average molecular weight is 462 g/mol. The highest BCUT2D eigenvalue weighted by Gasteiger charge is 2.22. The molecular weight excluding hydrogens is 444 g/mol. The number of carbonyl (C=O) groups is 3. The van der Waals surface area contributed by atoms with Crippen LogP contribution in [0.2, 0.25) is 0 Å². The van der Waals surface area contributed by atoms with Gasteiger partial charge < -0.3 is 14.8 Å². The van der Waals surface area contributed by atoms with Crippen molar-refractivity contribution >= 4 is 29.0 Å². The van der Waals surface area contributed by atoms with E-state index in [-0.39, 0.29) is 40.4 Å². The molecule has 0 unspecified atom stereocenters. The molecule has 2 amide bonds. The lowest BCUT2D eigenvalue weighted by atomic mass is 9.97. The number of hydrazine groups is 1. The normalized spacial score (nSPS) is 11.4. The van der Waals surface area contributed by atoms with Crippen molar-refractivity contribution in [3.8, 4) is 11.5 Å². The molecule has 3 N–H and O–H groups in total. The molecule has 3 aromatic carbocycles. The van der Waals surface area contributed by atoms with Crippen molar-refractivity contribution < 1.29 is 28.8 Å². The summed E-state index contributed by atoms with van der Waals surface area (Å²) in [6.45, 7) is 0.0583. The van der Waals surface area contributed by atoms with E-state index < -0.39 is 22.5 Å². The number of nitrogens with one attached hydrogen (secondary N) is 3. The summed E-state index contributed by atoms with van der Waals surface area (Å²) in [5.41, 5.74) is 4.81. The van der Waals surface area contributed by atoms with Crippen LogP contribution in [0.3, 0.4) is 0 Å². The second kappa shape index (κ2) is 9.28. The predicted molar refractivity (Wildman–Crippen MR) is 120 cm³/mol. The van der Waals surface area contributed by atoms with Crippen LogP contribution in [0.25, 0.3) is 0 Å². The van der Waals surface area contributed by atoms with Gasteiger partial charge in [0.1, 0.15) is 5.69 Å². The molecule has 172 valence electrons. The van der Waals surface area contributed by atoms with Crippen LogP contribution in [0.5, 0.6) is 11.5 Å². The number of benzene rings is 3. The van der Waals surface area contributed by atoms with Crippen molar-refractivity contribution in [1.29, 1.82) is 0 Å². The Kier molecular flexibility index (Phi) is 6.08. The Labute approximate surface area is 192 Å². The van der Waals surface area contributed by atoms with E-state index in [0.29, 0.717) is 11.5 Å². The Bertz CT molecular complexity index is 1320. The fourth-order valence-electron chi connectivity index (χ4n) is 3.36. The van der Waals surface area contributed by atoms with Gasteiger partial charge in [0.25, 0.3) is 17.5 Å². The first-order valence-corrected chi connectivity index (χ1v) is 9.99. The van der Waals surface area contributed by atoms with Crippen molar-refractivity contribution in [2.75, 3.05) is 19.2 Å². The largest absolute Gasteiger partial charge is 0.454 e. The minimum absolute atomic E-state index is 0.0150. The van der Waals surface area contributed by atoms with Crippen LogP contribution in [-0.2, 0) is 0 Å². The second-order valence-corrected chi connectivity index (χ2v) is 7.09. The van der Waals surface area contributed by atoms with Gasteiger partial charge in [0.2, 0.25) is 6.79 Å². The SMILES string of the molecule is CNc1ccc(C(=O)c2ccccc2C(=O)NNC(=O)c2ccc3c(c2)OCO3)cc1[N+](=O)[O-]. The molecular formula is C23H18N4O7. The van der Waals surface area contributed by atoms with Crippen LogP contribution < -0.4 is 25.6 Å². The van der Waals surface area contributed by atoms with E-state index >= 15 is 0 Å². The van der Waals surface area contributed by atoms with Gasteiger partial charge in [0.15, 0.2) is 17.3 Å². The van der Waals surface area contributed by atoms with E-state index in [1.165, 1.54) is 43.4 Å². The fraction of sp³-hybridized carbons (Fsp3) is 0.0870. The number of ether oxygens (including phenoxy) is 2. The molecule has 34 heavy (non-hydrogen) atoms. The maximum Gasteiger partial charge on any atom is 0.293 e. The first-order chi connectivity index (χ1) is 16.4. The van der Waals surface area contributed by atoms with Crippen molar-refractivity contribution in [2.45, 2.75) is 0 Å². The molecule has 11 heteroatoms. The highest BCUT2D eigenvalue weighted by atomic mass is 16.7. The number of ketones is 1. The van der Waals surface area contributed by atoms with Gasteiger partial charge >= 0.3 is 0 Å². The second-order valence-electron chi connectivity index (χ2n) is 7.09. The van der Waals surface area contributed by atoms with Crippen molar-refractivity contribution in [3.63, 3.8) is 0 Å². The highest BCUT2D eigenvalue weighted by Crippen LogP contribution is 2.32. The van der Waals surface area contributed by atoms with Crippen LogP contribution >= 0.6 is 0 Å². The van der Waals surface area contributed by atoms with Crippen LogP contribution in [0, 0.1) is 10.1 Å². The average Bonchev–Trinajstić information content (AvgIpc) is 3.34. The number of fused-ring (bicyclic) bond motifs is 1. The number of nitro groups is 1. The molecule has 0 aliphatic carbocycles. The lowest BCUT2D eigenvalue weighted by molar-refractivity contribution is -0.384. The van der Waals surface area contributed by atoms with E-state index in [0.717, 1.165) is 6.07 Å². The third-order valence-electron chi connectivity index (χ3n) is 5.07. The topological polar surface area (TPSA) is 149 Å². The van der Waals surface area contributed by atoms with Gasteiger partial charge in [-0.3, -0.25) is 35.3 Å². The smallest absolute Gasteiger partial charge is 0.293 e. The summed E-state index contributed by atoms with van der Waals surface area (Å²) in [7, 11) is 1.53. The molecule has 0 bridgehead atoms. The molecule has 0 atom stereocenters. The fourth-order valence-corrected chi connectivity index (χ4v) is 3.36. The van der Waals surface area contributed by atoms with E-state index in [9.17, 15) is 24.5 Å². The molecule has 0 radical (unpaired) electrons. The van der Waals surface area contributed by atoms with Gasteiger partial charge in [0, 0.05) is 29.8 Å². The van der Waals surface area contributed by atoms with Crippen LogP contribution in [0.1, 0.15) is 36.6 Å². The molecule has 0 saturated carbocycles. The monoisotopic (exact) mass is 462 g/mol. The van der Waals surface area contributed by atoms with Crippen molar-refractivity contribution in [2.24, 2.45) is 0 Å². The Morgan fingerprint density at radius 3 is 2.26 bits per heavy atom. The minimum atomic E-state index is -0.737. The van der Waals surface area contributed by atoms with Gasteiger partial charge in [-0.05, 0) is 36.4 Å². The van der Waals surface area contributed by atoms with Crippen LogP contribution in [-0.4, -0.2) is 36.4 Å². The lowest BCUT2D eigenvalue weighted by Crippen LogP contribution is -2.42. The summed E-state index contributed by atoms with van der Waals surface area (Å²) in [5, 5.41) is 14.0. The minimum Gasteiger partial charge on any atom is -0.454 e. The Morgan fingerprint density at radius 1 is 0.853 bits per heavy atom. The summed E-state index contributed by atoms with van der Waals surface area (Å²) in [5.74, 6) is -1.00. The van der Waals surface area contributed by atoms with Gasteiger partial charge in [-0.15, -0.1) is 0 Å². The number of carbonyl (C=O) groups excluding carboxylic acids is 3. The number of hydrogen-bond donors (Lipinski definition) is 3. The Morgan fingerprint density at radius 2 is 1.53 bits per heavy atom. The summed E-state index contributed by atoms with van der Waals surface area (Å²) in [6, 6.07) is 14.5. The zero-order valence-electron chi connectivity index (χ0n) is 17.8. The molecule has 4 rings (SSSR count). The van der Waals surface area contributed by atoms with Crippen LogP contribution in [0.15, 0.2) is 60.7 Å². The van der Waals surface area contributed by atoms with Gasteiger partial charge in [-0.2, -0.15) is 0 Å². The first-order valence-electron chi connectivity index (χ1n) is 9.99. The molecule has 0 saturated heterocycles. The number of anilines is 1. The number of nitrogens with zero attached hydrogens (tertiary/aromatic N) is 1. The molecule has 1 heterocycles. The number of rotatable bonds is 6. The summed E-state index contributed by atoms with van der Waals surface area (Å²) in [6.07, 6.45) is 0. The van der Waals surface area contributed by atoms with Gasteiger partial charge in [-0.1, -0.05) is 18.2 Å². The van der Waals surface area contributed by atoms with Gasteiger partial charge in [0.05, 0.1) is 10.5 Å². The zero-order chi connectivity index (χ0) is 24.2. The summed E-state index contributed by atoms with van der Waals surface area (Å²) < 4.78 is 10.4. The summed E-state index contributed by atoms with van der Waals surface area (Å²) in [4.78, 5) is 49.0. The maximum atomic E-state index is 13.1. The first kappa shape index (κ1) is 22.3. The van der Waals surface area contributed by atoms with Crippen molar-refractivity contribution in [3.05, 3.63) is 93.0 Å². The standard InChI is InChI=1S/C23H18N4O7/c1-24-17-8-6-13(10-18(17)27(31)32)21(28)15-4-2-3-5-16(15)23(30)26-25-22(29)14-7-9-19-20(11-14)34-12-33-19/h2-11,24H,12H2,1H3,(H,25,29)(H,26,30). The Hall–Kier alpha value is -4.93. The number of hydrogen-bond acceptors (Lipinski definition) is 8. The lowest BCUT2D eigenvalue weighted by Gasteiger charge is -2.11. The van der Waals surface area contributed by atoms with Crippen LogP contribution in [0.4, 0.5) is 11.4 Å². The van der Waals surface area contributed by atoms with E-state index in [2.05, 4.69) is 16.2 Å². The molecule has 3 aromatic rings. The number of amides is 2. The zero-order valence-corrected chi connectivity index (χ0v) is 17.8. The van der Waals surface area contributed by atoms with E-state index in [1.807, 2.05) is 0 Å².